The van der Waals surface area contributed by atoms with Crippen LogP contribution < -0.4 is 14.4 Å². The normalized spacial score (nSPS) is 13.8. The lowest BCUT2D eigenvalue weighted by Crippen LogP contribution is -2.38. The topological polar surface area (TPSA) is 115 Å². The van der Waals surface area contributed by atoms with Gasteiger partial charge in [-0.3, -0.25) is 9.69 Å². The fourth-order valence-electron chi connectivity index (χ4n) is 3.09. The highest BCUT2D eigenvalue weighted by Gasteiger charge is 2.30. The van der Waals surface area contributed by atoms with E-state index in [4.69, 9.17) is 20.9 Å². The Morgan fingerprint density at radius 3 is 2.61 bits per heavy atom. The third-order valence-electron chi connectivity index (χ3n) is 4.70. The number of anilines is 1. The summed E-state index contributed by atoms with van der Waals surface area (Å²) in [6, 6.07) is 10.2. The van der Waals surface area contributed by atoms with Gasteiger partial charge in [0.15, 0.2) is 12.4 Å². The first-order chi connectivity index (χ1) is 14.7. The lowest BCUT2D eigenvalue weighted by atomic mass is 10.2. The van der Waals surface area contributed by atoms with Crippen molar-refractivity contribution >= 4 is 33.2 Å². The van der Waals surface area contributed by atoms with Crippen molar-refractivity contribution in [1.29, 1.82) is 0 Å². The van der Waals surface area contributed by atoms with E-state index in [1.54, 1.807) is 6.92 Å². The molecule has 1 aromatic heterocycles. The molecule has 2 heterocycles. The van der Waals surface area contributed by atoms with E-state index in [-0.39, 0.29) is 41.3 Å². The fraction of sp³-hybridized carbons (Fsp3) is 0.250. The molecular formula is C20H19ClN4O5S. The van der Waals surface area contributed by atoms with Crippen molar-refractivity contribution in [2.45, 2.75) is 31.8 Å². The molecule has 1 N–H and O–H groups in total. The van der Waals surface area contributed by atoms with E-state index in [0.717, 1.165) is 11.1 Å². The Balaban J connectivity index is 1.60. The van der Waals surface area contributed by atoms with Gasteiger partial charge in [0, 0.05) is 19.5 Å². The van der Waals surface area contributed by atoms with Crippen LogP contribution in [-0.4, -0.2) is 31.1 Å². The number of rotatable bonds is 6. The van der Waals surface area contributed by atoms with Gasteiger partial charge in [-0.05, 0) is 18.6 Å². The predicted molar refractivity (Wildman–Crippen MR) is 112 cm³/mol. The van der Waals surface area contributed by atoms with Crippen LogP contribution in [0.25, 0.3) is 0 Å². The summed E-state index contributed by atoms with van der Waals surface area (Å²) >= 11 is 6.31. The molecule has 0 atom stereocenters. The van der Waals surface area contributed by atoms with Gasteiger partial charge in [-0.15, -0.1) is 0 Å². The number of hydrogen-bond donors (Lipinski definition) is 1. The molecule has 1 amide bonds. The number of carbonyl (C=O) groups is 1. The first kappa shape index (κ1) is 21.3. The second-order valence-electron chi connectivity index (χ2n) is 7.06. The van der Waals surface area contributed by atoms with Crippen molar-refractivity contribution in [2.24, 2.45) is 0 Å². The van der Waals surface area contributed by atoms with Crippen molar-refractivity contribution in [3.05, 3.63) is 64.3 Å². The zero-order valence-electron chi connectivity index (χ0n) is 16.8. The number of aromatic nitrogens is 2. The summed E-state index contributed by atoms with van der Waals surface area (Å²) in [4.78, 5) is 17.7. The molecule has 0 saturated heterocycles. The molecule has 3 aromatic rings. The van der Waals surface area contributed by atoms with Gasteiger partial charge < -0.3 is 9.26 Å². The molecule has 162 valence electrons. The van der Waals surface area contributed by atoms with Crippen LogP contribution in [0.15, 0.2) is 45.8 Å². The third kappa shape index (κ3) is 4.55. The summed E-state index contributed by atoms with van der Waals surface area (Å²) in [7, 11) is -3.92. The Morgan fingerprint density at radius 2 is 1.94 bits per heavy atom. The highest BCUT2D eigenvalue weighted by molar-refractivity contribution is 7.89. The maximum absolute atomic E-state index is 12.9. The van der Waals surface area contributed by atoms with Gasteiger partial charge in [0.2, 0.25) is 15.9 Å². The average Bonchev–Trinajstić information content (AvgIpc) is 3.14. The number of sulfonamides is 1. The second-order valence-corrected chi connectivity index (χ2v) is 9.20. The van der Waals surface area contributed by atoms with Crippen LogP contribution >= 0.6 is 11.6 Å². The lowest BCUT2D eigenvalue weighted by molar-refractivity contribution is -0.121. The minimum atomic E-state index is -3.92. The van der Waals surface area contributed by atoms with Crippen molar-refractivity contribution < 1.29 is 22.5 Å². The number of aryl methyl sites for hydroxylation is 2. The summed E-state index contributed by atoms with van der Waals surface area (Å²) in [5.74, 6) is 0.570. The molecule has 0 fully saturated rings. The monoisotopic (exact) mass is 462 g/mol. The number of amides is 1. The van der Waals surface area contributed by atoms with Crippen LogP contribution in [0.1, 0.15) is 22.8 Å². The highest BCUT2D eigenvalue weighted by atomic mass is 35.5. The molecule has 2 aromatic carbocycles. The molecule has 0 unspecified atom stereocenters. The number of nitrogens with zero attached hydrogens (tertiary/aromatic N) is 3. The molecule has 0 radical (unpaired) electrons. The summed E-state index contributed by atoms with van der Waals surface area (Å²) in [6.45, 7) is 3.50. The van der Waals surface area contributed by atoms with Gasteiger partial charge in [-0.2, -0.15) is 4.98 Å². The Bertz CT molecular complexity index is 1240. The molecule has 0 aliphatic carbocycles. The smallest absolute Gasteiger partial charge is 0.265 e. The molecule has 1 aliphatic heterocycles. The summed E-state index contributed by atoms with van der Waals surface area (Å²) in [5, 5.41) is 3.76. The van der Waals surface area contributed by atoms with Crippen LogP contribution in [0.4, 0.5) is 5.69 Å². The Labute approximate surface area is 184 Å². The van der Waals surface area contributed by atoms with Gasteiger partial charge in [0.05, 0.1) is 17.3 Å². The molecule has 1 aliphatic rings. The lowest BCUT2D eigenvalue weighted by Gasteiger charge is -2.29. The second kappa shape index (κ2) is 8.29. The van der Waals surface area contributed by atoms with Gasteiger partial charge in [0.25, 0.3) is 5.91 Å². The van der Waals surface area contributed by atoms with E-state index >= 15 is 0 Å². The van der Waals surface area contributed by atoms with Crippen LogP contribution in [-0.2, 0) is 27.9 Å². The number of fused-ring (bicyclic) bond motifs is 1. The molecule has 11 heteroatoms. The van der Waals surface area contributed by atoms with Crippen LogP contribution in [0.5, 0.6) is 5.75 Å². The van der Waals surface area contributed by atoms with Crippen LogP contribution in [0.2, 0.25) is 5.02 Å². The number of halogens is 1. The minimum Gasteiger partial charge on any atom is -0.482 e. The summed E-state index contributed by atoms with van der Waals surface area (Å²) < 4.78 is 38.7. The highest BCUT2D eigenvalue weighted by Crippen LogP contribution is 2.39. The number of carbonyl (C=O) groups excluding carboxylic acids is 1. The Hall–Kier alpha value is -2.95. The van der Waals surface area contributed by atoms with Gasteiger partial charge >= 0.3 is 0 Å². The Kier molecular flexibility index (Phi) is 5.69. The number of benzene rings is 2. The Morgan fingerprint density at radius 1 is 1.19 bits per heavy atom. The van der Waals surface area contributed by atoms with E-state index < -0.39 is 10.0 Å². The van der Waals surface area contributed by atoms with Gasteiger partial charge in [0.1, 0.15) is 10.6 Å². The van der Waals surface area contributed by atoms with Crippen molar-refractivity contribution in [3.8, 4) is 5.75 Å². The zero-order valence-corrected chi connectivity index (χ0v) is 18.3. The summed E-state index contributed by atoms with van der Waals surface area (Å²) in [6.07, 6.45) is 0. The zero-order chi connectivity index (χ0) is 22.2. The predicted octanol–water partition coefficient (Wildman–Crippen LogP) is 2.74. The van der Waals surface area contributed by atoms with E-state index in [1.165, 1.54) is 17.0 Å². The SMILES string of the molecule is Cc1ccc(CNS(=O)(=O)c2cc3c(cc2Cl)N(Cc2noc(C)n2)C(=O)CO3)cc1. The number of ether oxygens (including phenoxy) is 1. The first-order valence-electron chi connectivity index (χ1n) is 9.34. The molecular weight excluding hydrogens is 444 g/mol. The number of hydrogen-bond acceptors (Lipinski definition) is 7. The number of nitrogens with one attached hydrogen (secondary N) is 1. The molecule has 0 saturated carbocycles. The first-order valence-corrected chi connectivity index (χ1v) is 11.2. The van der Waals surface area contributed by atoms with Crippen LogP contribution in [0, 0.1) is 13.8 Å². The van der Waals surface area contributed by atoms with E-state index in [0.29, 0.717) is 17.4 Å². The molecule has 4 rings (SSSR count). The molecule has 9 nitrogen and oxygen atoms in total. The maximum atomic E-state index is 12.9. The van der Waals surface area contributed by atoms with E-state index in [1.807, 2.05) is 31.2 Å². The minimum absolute atomic E-state index is 0.0391. The van der Waals surface area contributed by atoms with E-state index in [2.05, 4.69) is 14.9 Å². The van der Waals surface area contributed by atoms with Gasteiger partial charge in [-0.1, -0.05) is 46.6 Å². The quantitative estimate of drug-likeness (QED) is 0.598. The average molecular weight is 463 g/mol. The van der Waals surface area contributed by atoms with Crippen molar-refractivity contribution in [2.75, 3.05) is 11.5 Å². The van der Waals surface area contributed by atoms with Crippen molar-refractivity contribution in [3.63, 3.8) is 0 Å². The fourth-order valence-corrected chi connectivity index (χ4v) is 4.64. The molecule has 0 spiro atoms. The third-order valence-corrected chi connectivity index (χ3v) is 6.57. The maximum Gasteiger partial charge on any atom is 0.265 e. The van der Waals surface area contributed by atoms with Gasteiger partial charge in [-0.25, -0.2) is 13.1 Å². The van der Waals surface area contributed by atoms with Crippen molar-refractivity contribution in [1.82, 2.24) is 14.9 Å². The summed E-state index contributed by atoms with van der Waals surface area (Å²) in [5.41, 5.74) is 2.23. The molecule has 0 bridgehead atoms. The van der Waals surface area contributed by atoms with Crippen LogP contribution in [0.3, 0.4) is 0 Å². The standard InChI is InChI=1S/C20H19ClN4O5S/c1-12-3-5-14(6-4-12)9-22-31(27,28)18-8-17-16(7-15(18)21)25(20(26)11-29-17)10-19-23-13(2)30-24-19/h3-8,22H,9-11H2,1-2H3. The van der Waals surface area contributed by atoms with E-state index in [9.17, 15) is 13.2 Å². The molecule has 31 heavy (non-hydrogen) atoms. The largest absolute Gasteiger partial charge is 0.482 e.